The molecule has 0 amide bonds. The number of carbonyl (C=O) groups is 1. The van der Waals surface area contributed by atoms with E-state index >= 15 is 0 Å². The fourth-order valence-electron chi connectivity index (χ4n) is 3.89. The van der Waals surface area contributed by atoms with E-state index in [4.69, 9.17) is 0 Å². The molecule has 1 saturated carbocycles. The lowest BCUT2D eigenvalue weighted by Crippen LogP contribution is -2.36. The van der Waals surface area contributed by atoms with Crippen molar-refractivity contribution in [3.8, 4) is 0 Å². The molecule has 1 aromatic carbocycles. The topological polar surface area (TPSA) is 66.4 Å². The summed E-state index contributed by atoms with van der Waals surface area (Å²) in [5, 5.41) is 0. The zero-order chi connectivity index (χ0) is 15.2. The van der Waals surface area contributed by atoms with E-state index in [0.29, 0.717) is 0 Å². The van der Waals surface area contributed by atoms with Crippen LogP contribution in [0.15, 0.2) is 66.9 Å². The van der Waals surface area contributed by atoms with E-state index in [1.807, 2.05) is 60.7 Å². The zero-order valence-electron chi connectivity index (χ0n) is 11.8. The van der Waals surface area contributed by atoms with Gasteiger partial charge in [-0.05, 0) is 17.7 Å². The molecule has 1 heterocycles. The molecule has 1 fully saturated rings. The number of allylic oxidation sites excluding steroid dienone is 2. The molecule has 1 aromatic heterocycles. The maximum absolute atomic E-state index is 12.6. The molecule has 106 valence electrons. The first kappa shape index (κ1) is 12.9. The number of fused-ring (bicyclic) bond motifs is 2. The molecule has 4 heteroatoms. The lowest BCUT2D eigenvalue weighted by molar-refractivity contribution is -0.118. The Morgan fingerprint density at radius 3 is 2.36 bits per heavy atom. The molecule has 2 bridgehead atoms. The number of pyridine rings is 1. The van der Waals surface area contributed by atoms with Crippen LogP contribution in [0.1, 0.15) is 11.3 Å². The number of nitrogens with zero attached hydrogens (tertiary/aromatic N) is 3. The van der Waals surface area contributed by atoms with Gasteiger partial charge in [0.05, 0.1) is 22.9 Å². The predicted octanol–water partition coefficient (Wildman–Crippen LogP) is 2.42. The highest BCUT2D eigenvalue weighted by Gasteiger charge is 2.66. The Bertz CT molecular complexity index is 780. The minimum atomic E-state index is -0.610. The van der Waals surface area contributed by atoms with Gasteiger partial charge >= 0.3 is 5.71 Å². The number of carbonyl (C=O) groups excluding carboxylic acids is 1. The van der Waals surface area contributed by atoms with E-state index in [1.54, 1.807) is 6.20 Å². The first-order valence-corrected chi connectivity index (χ1v) is 7.21. The maximum Gasteiger partial charge on any atom is 0.343 e. The minimum absolute atomic E-state index is 0.121. The van der Waals surface area contributed by atoms with Crippen LogP contribution in [0.3, 0.4) is 0 Å². The summed E-state index contributed by atoms with van der Waals surface area (Å²) in [6.07, 6.45) is 5.62. The third-order valence-electron chi connectivity index (χ3n) is 4.75. The second-order valence-corrected chi connectivity index (χ2v) is 5.64. The van der Waals surface area contributed by atoms with Crippen LogP contribution in [0.25, 0.3) is 5.53 Å². The van der Waals surface area contributed by atoms with Crippen LogP contribution < -0.4 is 0 Å². The van der Waals surface area contributed by atoms with Gasteiger partial charge in [-0.1, -0.05) is 48.6 Å². The minimum Gasteiger partial charge on any atom is -0.361 e. The number of benzene rings is 1. The molecular formula is C18H13N3O. The van der Waals surface area contributed by atoms with Crippen molar-refractivity contribution in [1.29, 1.82) is 0 Å². The second kappa shape index (κ2) is 4.58. The van der Waals surface area contributed by atoms with Crippen LogP contribution >= 0.6 is 0 Å². The zero-order valence-corrected chi connectivity index (χ0v) is 11.8. The van der Waals surface area contributed by atoms with E-state index in [1.165, 1.54) is 0 Å². The van der Waals surface area contributed by atoms with Crippen LogP contribution in [0.5, 0.6) is 0 Å². The molecule has 2 aromatic rings. The molecule has 2 aliphatic carbocycles. The second-order valence-electron chi connectivity index (χ2n) is 5.64. The lowest BCUT2D eigenvalue weighted by Gasteiger charge is -2.32. The van der Waals surface area contributed by atoms with Crippen molar-refractivity contribution in [2.45, 2.75) is 5.41 Å². The Hall–Kier alpha value is -2.84. The largest absolute Gasteiger partial charge is 0.361 e. The fraction of sp³-hybridized carbons (Fsp3) is 0.167. The summed E-state index contributed by atoms with van der Waals surface area (Å²) in [7, 11) is 0. The molecule has 4 nitrogen and oxygen atoms in total. The number of Topliss-reactive ketones (excluding diaryl/α,β-unsaturated/α-hetero) is 1. The predicted molar refractivity (Wildman–Crippen MR) is 81.2 cm³/mol. The number of rotatable bonds is 2. The summed E-state index contributed by atoms with van der Waals surface area (Å²) in [6, 6.07) is 15.6. The SMILES string of the molecule is [N-]=[N+]=C1C(=O)[C@@H]2C=C[C@H]1[C@]2(c1ccccc1)c1ccccn1. The Balaban J connectivity index is 2.05. The number of hydrogen-bond donors (Lipinski definition) is 0. The van der Waals surface area contributed by atoms with Crippen molar-refractivity contribution in [3.05, 3.63) is 83.7 Å². The molecule has 0 saturated heterocycles. The Labute approximate surface area is 127 Å². The van der Waals surface area contributed by atoms with E-state index in [-0.39, 0.29) is 23.3 Å². The first-order chi connectivity index (χ1) is 10.8. The highest BCUT2D eigenvalue weighted by molar-refractivity contribution is 6.44. The van der Waals surface area contributed by atoms with Crippen LogP contribution in [0, 0.1) is 11.8 Å². The number of hydrogen-bond acceptors (Lipinski definition) is 2. The quantitative estimate of drug-likeness (QED) is 0.483. The normalized spacial score (nSPS) is 28.9. The van der Waals surface area contributed by atoms with Crippen molar-refractivity contribution in [1.82, 2.24) is 4.98 Å². The molecule has 0 aliphatic heterocycles. The standard InChI is InChI=1S/C18H13N3O/c19-21-16-13-9-10-14(17(16)22)18(13,12-6-2-1-3-7-12)15-8-4-5-11-20-15/h1-11,13-14H/t13-,14+,18+/m1/s1. The average molecular weight is 287 g/mol. The van der Waals surface area contributed by atoms with Gasteiger partial charge in [0.1, 0.15) is 0 Å². The lowest BCUT2D eigenvalue weighted by atomic mass is 9.68. The summed E-state index contributed by atoms with van der Waals surface area (Å²) in [6.45, 7) is 0. The third kappa shape index (κ3) is 1.42. The van der Waals surface area contributed by atoms with Crippen molar-refractivity contribution in [2.75, 3.05) is 0 Å². The van der Waals surface area contributed by atoms with E-state index in [9.17, 15) is 10.3 Å². The van der Waals surface area contributed by atoms with Gasteiger partial charge in [0, 0.05) is 6.20 Å². The van der Waals surface area contributed by atoms with Crippen molar-refractivity contribution in [3.63, 3.8) is 0 Å². The number of aromatic nitrogens is 1. The monoisotopic (exact) mass is 287 g/mol. The Morgan fingerprint density at radius 1 is 1.00 bits per heavy atom. The van der Waals surface area contributed by atoms with Crippen LogP contribution in [-0.2, 0) is 10.2 Å². The first-order valence-electron chi connectivity index (χ1n) is 7.21. The van der Waals surface area contributed by atoms with E-state index in [2.05, 4.69) is 9.77 Å². The Kier molecular flexibility index (Phi) is 2.68. The summed E-state index contributed by atoms with van der Waals surface area (Å²) < 4.78 is 0. The van der Waals surface area contributed by atoms with E-state index in [0.717, 1.165) is 11.3 Å². The van der Waals surface area contributed by atoms with Gasteiger partial charge in [0.15, 0.2) is 0 Å². The molecule has 0 radical (unpaired) electrons. The summed E-state index contributed by atoms with van der Waals surface area (Å²) in [5.74, 6) is -0.780. The average Bonchev–Trinajstić information content (AvgIpc) is 3.08. The van der Waals surface area contributed by atoms with Crippen LogP contribution in [0.4, 0.5) is 0 Å². The van der Waals surface area contributed by atoms with Crippen LogP contribution in [-0.4, -0.2) is 21.3 Å². The highest BCUT2D eigenvalue weighted by Crippen LogP contribution is 2.55. The highest BCUT2D eigenvalue weighted by atomic mass is 16.1. The molecular weight excluding hydrogens is 274 g/mol. The smallest absolute Gasteiger partial charge is 0.343 e. The Morgan fingerprint density at radius 2 is 1.73 bits per heavy atom. The molecule has 0 N–H and O–H groups in total. The molecule has 2 aliphatic rings. The molecule has 0 spiro atoms. The van der Waals surface area contributed by atoms with Gasteiger partial charge in [0.2, 0.25) is 5.78 Å². The maximum atomic E-state index is 12.6. The van der Waals surface area contributed by atoms with E-state index < -0.39 is 5.41 Å². The van der Waals surface area contributed by atoms with Gasteiger partial charge in [-0.3, -0.25) is 9.78 Å². The third-order valence-corrected chi connectivity index (χ3v) is 4.75. The van der Waals surface area contributed by atoms with Gasteiger partial charge in [0.25, 0.3) is 0 Å². The molecule has 4 rings (SSSR count). The van der Waals surface area contributed by atoms with Gasteiger partial charge in [-0.25, -0.2) is 0 Å². The molecule has 22 heavy (non-hydrogen) atoms. The van der Waals surface area contributed by atoms with Gasteiger partial charge < -0.3 is 5.53 Å². The van der Waals surface area contributed by atoms with Gasteiger partial charge in [-0.15, -0.1) is 0 Å². The van der Waals surface area contributed by atoms with Crippen LogP contribution in [0.2, 0.25) is 0 Å². The number of ketones is 1. The summed E-state index contributed by atoms with van der Waals surface area (Å²) >= 11 is 0. The van der Waals surface area contributed by atoms with Gasteiger partial charge in [-0.2, -0.15) is 4.79 Å². The van der Waals surface area contributed by atoms with Crippen molar-refractivity contribution < 1.29 is 9.58 Å². The molecule has 0 unspecified atom stereocenters. The summed E-state index contributed by atoms with van der Waals surface area (Å²) in [4.78, 5) is 20.4. The van der Waals surface area contributed by atoms with Crippen molar-refractivity contribution >= 4 is 11.5 Å². The fourth-order valence-corrected chi connectivity index (χ4v) is 3.89. The molecule has 3 atom stereocenters. The van der Waals surface area contributed by atoms with Crippen molar-refractivity contribution in [2.24, 2.45) is 11.8 Å². The summed E-state index contributed by atoms with van der Waals surface area (Å²) in [5.41, 5.74) is 10.8.